The molecule has 0 unspecified atom stereocenters. The van der Waals surface area contributed by atoms with Crippen molar-refractivity contribution < 1.29 is 34.1 Å². The first kappa shape index (κ1) is 23.0. The highest BCUT2D eigenvalue weighted by Crippen LogP contribution is 2.65. The highest BCUT2D eigenvalue weighted by atomic mass is 32.2. The van der Waals surface area contributed by atoms with Crippen LogP contribution in [0.15, 0.2) is 9.98 Å². The standard InChI is InChI=1S/C19H26N4O7S/c1-8(22-17(29)30-18(2,3)4)14(24)23-19(16(27)28)5-9(31-10-6-20-7-21-10)11-12(13(11)19)15(25)26/h6,8-9,11-13H,5,7H2,1-4H3,(H,22,29)(H,23,24)(H,25,26)(H,27,28)/t8-,9+,11-,12-,13-,19-/m0/s1. The molecule has 12 heteroatoms. The maximum atomic E-state index is 12.8. The fourth-order valence-corrected chi connectivity index (χ4v) is 5.67. The molecule has 1 aliphatic heterocycles. The third-order valence-electron chi connectivity index (χ3n) is 5.52. The number of carboxylic acid groups (broad SMARTS) is 2. The molecule has 0 aromatic rings. The average Bonchev–Trinajstić information content (AvgIpc) is 3.03. The third kappa shape index (κ3) is 4.68. The predicted octanol–water partition coefficient (Wildman–Crippen LogP) is 0.732. The van der Waals surface area contributed by atoms with Crippen molar-refractivity contribution in [1.82, 2.24) is 10.6 Å². The van der Waals surface area contributed by atoms with Gasteiger partial charge in [0, 0.05) is 11.2 Å². The second-order valence-electron chi connectivity index (χ2n) is 8.91. The number of fused-ring (bicyclic) bond motifs is 1. The summed E-state index contributed by atoms with van der Waals surface area (Å²) in [6.07, 6.45) is 0.805. The number of carboxylic acids is 2. The van der Waals surface area contributed by atoms with Crippen molar-refractivity contribution >= 4 is 47.0 Å². The minimum atomic E-state index is -1.75. The molecule has 0 saturated heterocycles. The first-order chi connectivity index (χ1) is 14.4. The van der Waals surface area contributed by atoms with Gasteiger partial charge < -0.3 is 25.6 Å². The van der Waals surface area contributed by atoms with Crippen molar-refractivity contribution in [3.8, 4) is 0 Å². The van der Waals surface area contributed by atoms with E-state index in [1.165, 1.54) is 18.7 Å². The van der Waals surface area contributed by atoms with Gasteiger partial charge in [0.25, 0.3) is 0 Å². The van der Waals surface area contributed by atoms with Gasteiger partial charge in [0.15, 0.2) is 0 Å². The van der Waals surface area contributed by atoms with Gasteiger partial charge in [0.05, 0.1) is 12.1 Å². The summed E-state index contributed by atoms with van der Waals surface area (Å²) in [7, 11) is 0. The molecular weight excluding hydrogens is 428 g/mol. The summed E-state index contributed by atoms with van der Waals surface area (Å²) < 4.78 is 5.12. The summed E-state index contributed by atoms with van der Waals surface area (Å²) in [5.74, 6) is -5.16. The van der Waals surface area contributed by atoms with Crippen molar-refractivity contribution in [2.75, 3.05) is 6.67 Å². The molecule has 0 radical (unpaired) electrons. The quantitative estimate of drug-likeness (QED) is 0.456. The van der Waals surface area contributed by atoms with Crippen LogP contribution in [0.1, 0.15) is 34.1 Å². The molecular formula is C19H26N4O7S. The number of carbonyl (C=O) groups excluding carboxylic acids is 2. The number of amides is 2. The van der Waals surface area contributed by atoms with Crippen LogP contribution >= 0.6 is 11.8 Å². The topological polar surface area (TPSA) is 167 Å². The summed E-state index contributed by atoms with van der Waals surface area (Å²) in [4.78, 5) is 56.9. The minimum absolute atomic E-state index is 0.0455. The van der Waals surface area contributed by atoms with Crippen LogP contribution < -0.4 is 10.6 Å². The van der Waals surface area contributed by atoms with Gasteiger partial charge in [-0.2, -0.15) is 0 Å². The molecule has 0 bridgehead atoms. The fourth-order valence-electron chi connectivity index (χ4n) is 4.25. The van der Waals surface area contributed by atoms with E-state index in [0.717, 1.165) is 0 Å². The first-order valence-corrected chi connectivity index (χ1v) is 10.7. The van der Waals surface area contributed by atoms with Gasteiger partial charge in [-0.15, -0.1) is 11.8 Å². The lowest BCUT2D eigenvalue weighted by atomic mass is 9.89. The van der Waals surface area contributed by atoms with E-state index >= 15 is 0 Å². The van der Waals surface area contributed by atoms with Crippen LogP contribution in [0.2, 0.25) is 0 Å². The molecule has 3 rings (SSSR count). The maximum Gasteiger partial charge on any atom is 0.408 e. The SMILES string of the molecule is C[C@H](NC(=O)OC(C)(C)C)C(=O)N[C@@]1(C(=O)O)C[C@@H](SC2=NCN=C2)[C@H]2[C@H](C(=O)O)[C@H]21. The summed E-state index contributed by atoms with van der Waals surface area (Å²) in [6.45, 7) is 6.71. The molecule has 4 N–H and O–H groups in total. The normalized spacial score (nSPS) is 31.9. The number of thioether (sulfide) groups is 1. The van der Waals surface area contributed by atoms with E-state index < -0.39 is 58.9 Å². The van der Waals surface area contributed by atoms with Crippen LogP contribution in [-0.2, 0) is 19.1 Å². The van der Waals surface area contributed by atoms with Crippen LogP contribution in [0.4, 0.5) is 4.79 Å². The molecule has 1 heterocycles. The Hall–Kier alpha value is -2.63. The predicted molar refractivity (Wildman–Crippen MR) is 112 cm³/mol. The summed E-state index contributed by atoms with van der Waals surface area (Å²) >= 11 is 1.29. The summed E-state index contributed by atoms with van der Waals surface area (Å²) in [6, 6.07) is -1.08. The Morgan fingerprint density at radius 1 is 1.29 bits per heavy atom. The Balaban J connectivity index is 1.75. The molecule has 31 heavy (non-hydrogen) atoms. The summed E-state index contributed by atoms with van der Waals surface area (Å²) in [5.41, 5.74) is -2.51. The van der Waals surface area contributed by atoms with E-state index in [4.69, 9.17) is 4.74 Å². The second-order valence-corrected chi connectivity index (χ2v) is 10.2. The molecule has 170 valence electrons. The van der Waals surface area contributed by atoms with Gasteiger partial charge in [0.2, 0.25) is 5.91 Å². The number of aliphatic carboxylic acids is 2. The Kier molecular flexibility index (Phi) is 6.05. The molecule has 3 aliphatic rings. The van der Waals surface area contributed by atoms with Gasteiger partial charge in [-0.25, -0.2) is 9.59 Å². The Morgan fingerprint density at radius 3 is 2.48 bits per heavy atom. The van der Waals surface area contributed by atoms with Gasteiger partial charge in [-0.05, 0) is 40.0 Å². The number of nitrogens with zero attached hydrogens (tertiary/aromatic N) is 2. The molecule has 0 spiro atoms. The third-order valence-corrected chi connectivity index (χ3v) is 6.78. The largest absolute Gasteiger partial charge is 0.481 e. The number of aliphatic imine (C=N–C) groups is 2. The average molecular weight is 455 g/mol. The number of ether oxygens (including phenoxy) is 1. The lowest BCUT2D eigenvalue weighted by Gasteiger charge is -2.31. The van der Waals surface area contributed by atoms with E-state index in [0.29, 0.717) is 11.7 Å². The van der Waals surface area contributed by atoms with Crippen molar-refractivity contribution in [2.24, 2.45) is 27.7 Å². The smallest absolute Gasteiger partial charge is 0.408 e. The Labute approximate surface area is 183 Å². The van der Waals surface area contributed by atoms with Crippen LogP contribution in [-0.4, -0.2) is 74.5 Å². The molecule has 2 amide bonds. The van der Waals surface area contributed by atoms with Gasteiger partial charge in [-0.1, -0.05) is 0 Å². The van der Waals surface area contributed by atoms with Gasteiger partial charge in [-0.3, -0.25) is 19.6 Å². The highest BCUT2D eigenvalue weighted by Gasteiger charge is 2.75. The minimum Gasteiger partial charge on any atom is -0.481 e. The molecule has 0 aromatic heterocycles. The lowest BCUT2D eigenvalue weighted by Crippen LogP contribution is -2.60. The number of carbonyl (C=O) groups is 4. The first-order valence-electron chi connectivity index (χ1n) is 9.84. The Bertz CT molecular complexity index is 868. The number of nitrogens with one attached hydrogen (secondary N) is 2. The van der Waals surface area contributed by atoms with Crippen LogP contribution in [0.5, 0.6) is 0 Å². The fraction of sp³-hybridized carbons (Fsp3) is 0.684. The Morgan fingerprint density at radius 2 is 1.97 bits per heavy atom. The maximum absolute atomic E-state index is 12.8. The van der Waals surface area contributed by atoms with Crippen molar-refractivity contribution in [3.05, 3.63) is 0 Å². The van der Waals surface area contributed by atoms with Crippen LogP contribution in [0.3, 0.4) is 0 Å². The monoisotopic (exact) mass is 454 g/mol. The molecule has 2 aliphatic carbocycles. The van der Waals surface area contributed by atoms with Crippen molar-refractivity contribution in [1.29, 1.82) is 0 Å². The highest BCUT2D eigenvalue weighted by molar-refractivity contribution is 8.16. The molecule has 0 aromatic carbocycles. The van der Waals surface area contributed by atoms with E-state index in [1.54, 1.807) is 27.0 Å². The van der Waals surface area contributed by atoms with E-state index in [2.05, 4.69) is 20.6 Å². The van der Waals surface area contributed by atoms with Gasteiger partial charge in [0.1, 0.15) is 28.9 Å². The number of alkyl carbamates (subject to hydrolysis) is 1. The van der Waals surface area contributed by atoms with E-state index in [1.807, 2.05) is 0 Å². The number of hydrogen-bond donors (Lipinski definition) is 4. The molecule has 2 saturated carbocycles. The number of hydrogen-bond acceptors (Lipinski definition) is 8. The van der Waals surface area contributed by atoms with Crippen LogP contribution in [0.25, 0.3) is 0 Å². The van der Waals surface area contributed by atoms with Gasteiger partial charge >= 0.3 is 18.0 Å². The zero-order valence-electron chi connectivity index (χ0n) is 17.6. The molecule has 6 atom stereocenters. The van der Waals surface area contributed by atoms with Crippen molar-refractivity contribution in [3.63, 3.8) is 0 Å². The second kappa shape index (κ2) is 8.13. The van der Waals surface area contributed by atoms with E-state index in [-0.39, 0.29) is 11.7 Å². The van der Waals surface area contributed by atoms with Crippen LogP contribution in [0, 0.1) is 17.8 Å². The number of rotatable bonds is 6. The summed E-state index contributed by atoms with van der Waals surface area (Å²) in [5, 5.41) is 24.8. The zero-order chi connectivity index (χ0) is 23.1. The van der Waals surface area contributed by atoms with Crippen molar-refractivity contribution in [2.45, 2.75) is 56.5 Å². The molecule has 11 nitrogen and oxygen atoms in total. The zero-order valence-corrected chi connectivity index (χ0v) is 18.4. The van der Waals surface area contributed by atoms with E-state index in [9.17, 15) is 29.4 Å². The molecule has 2 fully saturated rings. The lowest BCUT2D eigenvalue weighted by molar-refractivity contribution is -0.150.